The lowest BCUT2D eigenvalue weighted by Gasteiger charge is -2.09. The van der Waals surface area contributed by atoms with Crippen LogP contribution >= 0.6 is 0 Å². The maximum Gasteiger partial charge on any atom is 0.228 e. The summed E-state index contributed by atoms with van der Waals surface area (Å²) in [4.78, 5) is 29.0. The summed E-state index contributed by atoms with van der Waals surface area (Å²) in [5, 5.41) is 10.7. The van der Waals surface area contributed by atoms with Crippen molar-refractivity contribution in [2.75, 3.05) is 5.32 Å². The lowest BCUT2D eigenvalue weighted by atomic mass is 10.0. The lowest BCUT2D eigenvalue weighted by molar-refractivity contribution is -0.115. The normalized spacial score (nSPS) is 11.3. The topological polar surface area (TPSA) is 112 Å². The molecule has 3 N–H and O–H groups in total. The summed E-state index contributed by atoms with van der Waals surface area (Å²) < 4.78 is 29.9. The SMILES string of the molecule is O=C(Cc1ccccc1)Nc1cncc(-c2cc3c(-c4nc5nccc(-c6ccccc6F)c5[nH]4)n[nH]c3cc2F)c1. The standard InChI is InChI=1S/C32H21F2N7O/c33-25-9-5-4-8-21(25)22-10-11-36-31-29(22)38-32(39-31)30-24-14-23(26(34)15-27(24)40-41-30)19-13-20(17-35-16-19)37-28(42)12-18-6-2-1-3-7-18/h1-11,13-17H,12H2,(H,37,42)(H,40,41)(H,36,38,39). The van der Waals surface area contributed by atoms with Crippen LogP contribution in [0.1, 0.15) is 5.56 Å². The van der Waals surface area contributed by atoms with Gasteiger partial charge in [0.05, 0.1) is 29.3 Å². The van der Waals surface area contributed by atoms with Gasteiger partial charge in [-0.05, 0) is 29.8 Å². The van der Waals surface area contributed by atoms with Gasteiger partial charge in [0.2, 0.25) is 5.91 Å². The Kier molecular flexibility index (Phi) is 6.20. The number of halogens is 2. The first-order valence-electron chi connectivity index (χ1n) is 13.1. The Bertz CT molecular complexity index is 2100. The van der Waals surface area contributed by atoms with Crippen LogP contribution in [0.15, 0.2) is 97.5 Å². The molecule has 42 heavy (non-hydrogen) atoms. The zero-order chi connectivity index (χ0) is 28.6. The van der Waals surface area contributed by atoms with E-state index in [1.165, 1.54) is 24.5 Å². The molecule has 0 spiro atoms. The van der Waals surface area contributed by atoms with Crippen molar-refractivity contribution in [1.29, 1.82) is 0 Å². The number of carbonyl (C=O) groups excluding carboxylic acids is 1. The van der Waals surface area contributed by atoms with Gasteiger partial charge in [-0.1, -0.05) is 48.5 Å². The number of anilines is 1. The number of benzene rings is 3. The van der Waals surface area contributed by atoms with Gasteiger partial charge in [0.15, 0.2) is 11.5 Å². The minimum absolute atomic E-state index is 0.203. The van der Waals surface area contributed by atoms with E-state index in [4.69, 9.17) is 0 Å². The molecule has 0 atom stereocenters. The maximum atomic E-state index is 15.3. The molecule has 3 aromatic carbocycles. The molecular formula is C32H21F2N7O. The summed E-state index contributed by atoms with van der Waals surface area (Å²) in [6.45, 7) is 0. The van der Waals surface area contributed by atoms with Crippen LogP contribution in [0.25, 0.3) is 55.8 Å². The zero-order valence-electron chi connectivity index (χ0n) is 21.9. The number of aromatic amines is 2. The van der Waals surface area contributed by atoms with Crippen molar-refractivity contribution in [3.05, 3.63) is 115 Å². The number of amides is 1. The fourth-order valence-electron chi connectivity index (χ4n) is 5.01. The van der Waals surface area contributed by atoms with E-state index in [0.29, 0.717) is 56.0 Å². The van der Waals surface area contributed by atoms with E-state index in [1.807, 2.05) is 30.3 Å². The fraction of sp³-hybridized carbons (Fsp3) is 0.0312. The van der Waals surface area contributed by atoms with Crippen molar-refractivity contribution in [2.45, 2.75) is 6.42 Å². The molecule has 8 nitrogen and oxygen atoms in total. The number of hydrogen-bond acceptors (Lipinski definition) is 5. The van der Waals surface area contributed by atoms with E-state index in [2.05, 4.69) is 35.5 Å². The monoisotopic (exact) mass is 557 g/mol. The van der Waals surface area contributed by atoms with E-state index in [-0.39, 0.29) is 23.7 Å². The highest BCUT2D eigenvalue weighted by molar-refractivity contribution is 5.98. The molecule has 0 aliphatic carbocycles. The van der Waals surface area contributed by atoms with E-state index in [1.54, 1.807) is 42.6 Å². The molecule has 0 unspecified atom stereocenters. The number of pyridine rings is 2. The van der Waals surface area contributed by atoms with Gasteiger partial charge in [-0.2, -0.15) is 5.10 Å². The Hall–Kier alpha value is -5.77. The van der Waals surface area contributed by atoms with Gasteiger partial charge in [0, 0.05) is 46.1 Å². The van der Waals surface area contributed by atoms with E-state index in [9.17, 15) is 9.18 Å². The predicted molar refractivity (Wildman–Crippen MR) is 156 cm³/mol. The number of aromatic nitrogens is 6. The van der Waals surface area contributed by atoms with Crippen molar-refractivity contribution in [3.63, 3.8) is 0 Å². The molecule has 7 rings (SSSR count). The zero-order valence-corrected chi connectivity index (χ0v) is 21.9. The highest BCUT2D eigenvalue weighted by Crippen LogP contribution is 2.34. The lowest BCUT2D eigenvalue weighted by Crippen LogP contribution is -2.14. The Morgan fingerprint density at radius 1 is 0.857 bits per heavy atom. The van der Waals surface area contributed by atoms with Crippen LogP contribution in [0.3, 0.4) is 0 Å². The second-order valence-electron chi connectivity index (χ2n) is 9.75. The van der Waals surface area contributed by atoms with Crippen molar-refractivity contribution >= 4 is 33.7 Å². The molecule has 1 amide bonds. The Labute approximate surface area is 237 Å². The predicted octanol–water partition coefficient (Wildman–Crippen LogP) is 6.69. The summed E-state index contributed by atoms with van der Waals surface area (Å²) in [6.07, 6.45) is 4.82. The molecule has 0 fully saturated rings. The van der Waals surface area contributed by atoms with Gasteiger partial charge in [-0.15, -0.1) is 0 Å². The first-order chi connectivity index (χ1) is 20.5. The largest absolute Gasteiger partial charge is 0.335 e. The molecule has 0 radical (unpaired) electrons. The van der Waals surface area contributed by atoms with Crippen LogP contribution in [-0.4, -0.2) is 36.0 Å². The van der Waals surface area contributed by atoms with Gasteiger partial charge in [0.1, 0.15) is 17.3 Å². The summed E-state index contributed by atoms with van der Waals surface area (Å²) in [7, 11) is 0. The maximum absolute atomic E-state index is 15.3. The molecule has 0 aliphatic rings. The first kappa shape index (κ1) is 25.2. The third-order valence-corrected chi connectivity index (χ3v) is 6.97. The van der Waals surface area contributed by atoms with E-state index < -0.39 is 5.82 Å². The van der Waals surface area contributed by atoms with Crippen LogP contribution in [0.5, 0.6) is 0 Å². The number of H-pyrrole nitrogens is 2. The number of fused-ring (bicyclic) bond motifs is 2. The van der Waals surface area contributed by atoms with Crippen molar-refractivity contribution < 1.29 is 13.6 Å². The fourth-order valence-corrected chi connectivity index (χ4v) is 5.01. The minimum atomic E-state index is -0.486. The third-order valence-electron chi connectivity index (χ3n) is 6.97. The Morgan fingerprint density at radius 3 is 2.55 bits per heavy atom. The van der Waals surface area contributed by atoms with Crippen LogP contribution < -0.4 is 5.32 Å². The van der Waals surface area contributed by atoms with E-state index in [0.717, 1.165) is 5.56 Å². The van der Waals surface area contributed by atoms with Gasteiger partial charge in [-0.25, -0.2) is 18.7 Å². The number of carbonyl (C=O) groups is 1. The second-order valence-corrected chi connectivity index (χ2v) is 9.75. The van der Waals surface area contributed by atoms with Gasteiger partial charge >= 0.3 is 0 Å². The smallest absolute Gasteiger partial charge is 0.228 e. The van der Waals surface area contributed by atoms with Crippen molar-refractivity contribution in [3.8, 4) is 33.8 Å². The average molecular weight is 558 g/mol. The van der Waals surface area contributed by atoms with Crippen LogP contribution in [-0.2, 0) is 11.2 Å². The average Bonchev–Trinajstić information content (AvgIpc) is 3.61. The molecule has 204 valence electrons. The number of hydrogen-bond donors (Lipinski definition) is 3. The minimum Gasteiger partial charge on any atom is -0.335 e. The first-order valence-corrected chi connectivity index (χ1v) is 13.1. The summed E-state index contributed by atoms with van der Waals surface area (Å²) in [5.41, 5.74) is 4.98. The molecule has 0 bridgehead atoms. The van der Waals surface area contributed by atoms with Crippen molar-refractivity contribution in [2.24, 2.45) is 0 Å². The molecule has 7 aromatic rings. The molecule has 10 heteroatoms. The van der Waals surface area contributed by atoms with E-state index >= 15 is 4.39 Å². The summed E-state index contributed by atoms with van der Waals surface area (Å²) in [6, 6.07) is 22.3. The molecule has 0 saturated heterocycles. The highest BCUT2D eigenvalue weighted by atomic mass is 19.1. The summed E-state index contributed by atoms with van der Waals surface area (Å²) in [5.74, 6) is -0.662. The Morgan fingerprint density at radius 2 is 1.69 bits per heavy atom. The van der Waals surface area contributed by atoms with Crippen LogP contribution in [0.2, 0.25) is 0 Å². The number of imidazole rings is 1. The molecule has 0 saturated carbocycles. The van der Waals surface area contributed by atoms with Crippen LogP contribution in [0.4, 0.5) is 14.5 Å². The van der Waals surface area contributed by atoms with Gasteiger partial charge < -0.3 is 10.3 Å². The molecule has 4 heterocycles. The van der Waals surface area contributed by atoms with Crippen LogP contribution in [0, 0.1) is 11.6 Å². The number of rotatable bonds is 6. The second kappa shape index (κ2) is 10.3. The van der Waals surface area contributed by atoms with Gasteiger partial charge in [-0.3, -0.25) is 14.9 Å². The molecule has 4 aromatic heterocycles. The highest BCUT2D eigenvalue weighted by Gasteiger charge is 2.19. The molecule has 0 aliphatic heterocycles. The quantitative estimate of drug-likeness (QED) is 0.211. The van der Waals surface area contributed by atoms with Crippen molar-refractivity contribution in [1.82, 2.24) is 30.1 Å². The third kappa shape index (κ3) is 4.64. The summed E-state index contributed by atoms with van der Waals surface area (Å²) >= 11 is 0. The molecular weight excluding hydrogens is 536 g/mol. The number of nitrogens with one attached hydrogen (secondary N) is 3. The van der Waals surface area contributed by atoms with Gasteiger partial charge in [0.25, 0.3) is 0 Å². The Balaban J connectivity index is 1.24. The number of nitrogens with zero attached hydrogens (tertiary/aromatic N) is 4.